The lowest BCUT2D eigenvalue weighted by Crippen LogP contribution is -2.24. The van der Waals surface area contributed by atoms with Gasteiger partial charge in [-0.3, -0.25) is 13.9 Å². The molecule has 34 heavy (non-hydrogen) atoms. The summed E-state index contributed by atoms with van der Waals surface area (Å²) < 4.78 is 14.2. The summed E-state index contributed by atoms with van der Waals surface area (Å²) in [5.41, 5.74) is 1.57. The van der Waals surface area contributed by atoms with Crippen LogP contribution in [0.4, 0.5) is 5.69 Å². The van der Waals surface area contributed by atoms with Crippen LogP contribution in [0.1, 0.15) is 11.6 Å². The van der Waals surface area contributed by atoms with E-state index in [2.05, 4.69) is 20.3 Å². The fraction of sp³-hybridized carbons (Fsp3) is 0.125. The number of fused-ring (bicyclic) bond motifs is 1. The minimum Gasteiger partial charge on any atom is -0.439 e. The molecular weight excluding hydrogens is 436 g/mol. The number of oxazole rings is 1. The van der Waals surface area contributed by atoms with Crippen LogP contribution in [0.2, 0.25) is 0 Å². The third-order valence-corrected chi connectivity index (χ3v) is 5.11. The number of nitrogens with zero attached hydrogens (tertiary/aromatic N) is 5. The van der Waals surface area contributed by atoms with E-state index in [4.69, 9.17) is 9.15 Å². The molecule has 2 aromatic carbocycles. The molecule has 0 unspecified atom stereocenters. The summed E-state index contributed by atoms with van der Waals surface area (Å²) in [4.78, 5) is 37.6. The quantitative estimate of drug-likeness (QED) is 0.415. The lowest BCUT2D eigenvalue weighted by atomic mass is 10.3. The molecule has 0 saturated carbocycles. The molecule has 10 nitrogen and oxygen atoms in total. The van der Waals surface area contributed by atoms with E-state index in [0.717, 1.165) is 5.82 Å². The van der Waals surface area contributed by atoms with Gasteiger partial charge in [0.1, 0.15) is 29.8 Å². The summed E-state index contributed by atoms with van der Waals surface area (Å²) in [6, 6.07) is 15.5. The van der Waals surface area contributed by atoms with Gasteiger partial charge in [-0.2, -0.15) is 4.98 Å². The first kappa shape index (κ1) is 21.1. The van der Waals surface area contributed by atoms with Crippen molar-refractivity contribution in [3.8, 4) is 17.4 Å². The van der Waals surface area contributed by atoms with Crippen molar-refractivity contribution in [2.45, 2.75) is 20.4 Å². The van der Waals surface area contributed by atoms with Crippen LogP contribution >= 0.6 is 0 Å². The Morgan fingerprint density at radius 1 is 1.09 bits per heavy atom. The minimum absolute atomic E-state index is 0.162. The highest BCUT2D eigenvalue weighted by Gasteiger charge is 2.13. The van der Waals surface area contributed by atoms with E-state index in [1.54, 1.807) is 67.7 Å². The van der Waals surface area contributed by atoms with E-state index in [1.165, 1.54) is 4.57 Å². The Hall–Kier alpha value is -4.73. The number of ether oxygens (including phenoxy) is 1. The number of aromatic nitrogens is 5. The van der Waals surface area contributed by atoms with Gasteiger partial charge in [0.15, 0.2) is 5.58 Å². The highest BCUT2D eigenvalue weighted by molar-refractivity contribution is 5.91. The summed E-state index contributed by atoms with van der Waals surface area (Å²) >= 11 is 0. The van der Waals surface area contributed by atoms with Crippen molar-refractivity contribution in [2.24, 2.45) is 0 Å². The Labute approximate surface area is 193 Å². The van der Waals surface area contributed by atoms with Gasteiger partial charge in [0.25, 0.3) is 0 Å². The van der Waals surface area contributed by atoms with Crippen LogP contribution < -0.4 is 15.8 Å². The molecule has 0 atom stereocenters. The van der Waals surface area contributed by atoms with Crippen molar-refractivity contribution in [3.05, 3.63) is 89.2 Å². The first-order valence-corrected chi connectivity index (χ1v) is 10.5. The predicted octanol–water partition coefficient (Wildman–Crippen LogP) is 3.62. The predicted molar refractivity (Wildman–Crippen MR) is 124 cm³/mol. The van der Waals surface area contributed by atoms with E-state index in [1.807, 2.05) is 17.7 Å². The van der Waals surface area contributed by atoms with Gasteiger partial charge >= 0.3 is 5.76 Å². The summed E-state index contributed by atoms with van der Waals surface area (Å²) in [7, 11) is 0. The number of rotatable bonds is 6. The van der Waals surface area contributed by atoms with Crippen molar-refractivity contribution >= 4 is 22.7 Å². The molecule has 0 aliphatic carbocycles. The van der Waals surface area contributed by atoms with Crippen LogP contribution in [-0.4, -0.2) is 30.0 Å². The number of hydrogen-bond donors (Lipinski definition) is 1. The average molecular weight is 456 g/mol. The van der Waals surface area contributed by atoms with Crippen LogP contribution in [0, 0.1) is 13.8 Å². The largest absolute Gasteiger partial charge is 0.439 e. The van der Waals surface area contributed by atoms with E-state index in [0.29, 0.717) is 40.1 Å². The van der Waals surface area contributed by atoms with Gasteiger partial charge in [-0.05, 0) is 50.2 Å². The zero-order valence-electron chi connectivity index (χ0n) is 18.4. The number of carbonyl (C=O) groups is 1. The van der Waals surface area contributed by atoms with Gasteiger partial charge in [0.2, 0.25) is 11.8 Å². The number of anilines is 1. The van der Waals surface area contributed by atoms with Crippen LogP contribution in [0.5, 0.6) is 11.6 Å². The fourth-order valence-electron chi connectivity index (χ4n) is 3.56. The molecule has 1 N–H and O–H groups in total. The van der Waals surface area contributed by atoms with E-state index in [9.17, 15) is 9.59 Å². The maximum absolute atomic E-state index is 12.5. The molecule has 3 heterocycles. The molecule has 1 amide bonds. The second kappa shape index (κ2) is 8.66. The molecule has 3 aromatic heterocycles. The van der Waals surface area contributed by atoms with Gasteiger partial charge in [-0.25, -0.2) is 14.8 Å². The molecule has 0 spiro atoms. The Morgan fingerprint density at radius 3 is 2.65 bits per heavy atom. The Kier molecular flexibility index (Phi) is 5.38. The number of benzene rings is 2. The van der Waals surface area contributed by atoms with Crippen molar-refractivity contribution < 1.29 is 13.9 Å². The normalized spacial score (nSPS) is 11.0. The average Bonchev–Trinajstić information content (AvgIpc) is 3.37. The molecule has 5 aromatic rings. The molecule has 170 valence electrons. The van der Waals surface area contributed by atoms with E-state index < -0.39 is 5.76 Å². The number of amides is 1. The summed E-state index contributed by atoms with van der Waals surface area (Å²) in [5, 5.41) is 2.77. The fourth-order valence-corrected chi connectivity index (χ4v) is 3.56. The van der Waals surface area contributed by atoms with Crippen LogP contribution in [0.3, 0.4) is 0 Å². The molecule has 0 radical (unpaired) electrons. The second-order valence-corrected chi connectivity index (χ2v) is 7.55. The molecule has 5 rings (SSSR count). The number of aryl methyl sites for hydroxylation is 2. The first-order valence-electron chi connectivity index (χ1n) is 10.5. The summed E-state index contributed by atoms with van der Waals surface area (Å²) in [6.45, 7) is 3.51. The SMILES string of the molecule is Cc1nc(Oc2ccc(NC(=O)Cn3c(=O)oc4ccccc43)cc2)cc(-n2ccnc2C)n1. The molecule has 0 aliphatic heterocycles. The number of imidazole rings is 1. The van der Waals surface area contributed by atoms with E-state index in [-0.39, 0.29) is 12.5 Å². The van der Waals surface area contributed by atoms with E-state index >= 15 is 0 Å². The second-order valence-electron chi connectivity index (χ2n) is 7.55. The highest BCUT2D eigenvalue weighted by atomic mass is 16.5. The van der Waals surface area contributed by atoms with Gasteiger partial charge in [-0.15, -0.1) is 0 Å². The summed E-state index contributed by atoms with van der Waals surface area (Å²) in [6.07, 6.45) is 3.52. The van der Waals surface area contributed by atoms with Crippen molar-refractivity contribution in [1.29, 1.82) is 0 Å². The van der Waals surface area contributed by atoms with Crippen LogP contribution in [0.15, 0.2) is 76.2 Å². The maximum Gasteiger partial charge on any atom is 0.420 e. The highest BCUT2D eigenvalue weighted by Crippen LogP contribution is 2.23. The monoisotopic (exact) mass is 456 g/mol. The van der Waals surface area contributed by atoms with Gasteiger partial charge < -0.3 is 14.5 Å². The van der Waals surface area contributed by atoms with Crippen LogP contribution in [0.25, 0.3) is 16.9 Å². The minimum atomic E-state index is -0.578. The number of para-hydroxylation sites is 2. The molecule has 0 fully saturated rings. The van der Waals surface area contributed by atoms with Crippen molar-refractivity contribution in [1.82, 2.24) is 24.1 Å². The topological polar surface area (TPSA) is 117 Å². The number of carbonyl (C=O) groups excluding carboxylic acids is 1. The Balaban J connectivity index is 1.27. The van der Waals surface area contributed by atoms with Gasteiger partial charge in [0.05, 0.1) is 5.52 Å². The smallest absolute Gasteiger partial charge is 0.420 e. The van der Waals surface area contributed by atoms with Crippen molar-refractivity contribution in [3.63, 3.8) is 0 Å². The third kappa shape index (κ3) is 4.29. The standard InChI is InChI=1S/C24H20N6O4/c1-15-26-21(29-12-11-25-16(29)2)13-23(27-15)33-18-9-7-17(8-10-18)28-22(31)14-30-19-5-3-4-6-20(19)34-24(30)32/h3-13H,14H2,1-2H3,(H,28,31). The van der Waals surface area contributed by atoms with Crippen LogP contribution in [-0.2, 0) is 11.3 Å². The van der Waals surface area contributed by atoms with Crippen molar-refractivity contribution in [2.75, 3.05) is 5.32 Å². The maximum atomic E-state index is 12.5. The third-order valence-electron chi connectivity index (χ3n) is 5.11. The van der Waals surface area contributed by atoms with Gasteiger partial charge in [-0.1, -0.05) is 12.1 Å². The molecule has 10 heteroatoms. The zero-order valence-corrected chi connectivity index (χ0v) is 18.4. The number of nitrogens with one attached hydrogen (secondary N) is 1. The first-order chi connectivity index (χ1) is 16.5. The summed E-state index contributed by atoms with van der Waals surface area (Å²) in [5.74, 6) is 2.02. The molecule has 0 saturated heterocycles. The Bertz CT molecular complexity index is 1550. The molecule has 0 bridgehead atoms. The van der Waals surface area contributed by atoms with Gasteiger partial charge in [0, 0.05) is 24.1 Å². The Morgan fingerprint density at radius 2 is 1.88 bits per heavy atom. The molecular formula is C24H20N6O4. The zero-order chi connectivity index (χ0) is 23.7. The molecule has 0 aliphatic rings. The lowest BCUT2D eigenvalue weighted by Gasteiger charge is -2.10. The number of hydrogen-bond acceptors (Lipinski definition) is 7. The lowest BCUT2D eigenvalue weighted by molar-refractivity contribution is -0.116.